The molecule has 0 aromatic rings. The van der Waals surface area contributed by atoms with Gasteiger partial charge in [0.05, 0.1) is 0 Å². The van der Waals surface area contributed by atoms with Crippen molar-refractivity contribution in [2.24, 2.45) is 35.5 Å². The van der Waals surface area contributed by atoms with Gasteiger partial charge >= 0.3 is 0 Å². The molecule has 0 radical (unpaired) electrons. The molecule has 0 aromatic carbocycles. The summed E-state index contributed by atoms with van der Waals surface area (Å²) in [6, 6.07) is 1.64. The molecule has 0 amide bonds. The van der Waals surface area contributed by atoms with Crippen LogP contribution in [-0.2, 0) is 0 Å². The molecule has 2 heteroatoms. The van der Waals surface area contributed by atoms with Gasteiger partial charge in [0.25, 0.3) is 0 Å². The highest BCUT2D eigenvalue weighted by Crippen LogP contribution is 2.43. The summed E-state index contributed by atoms with van der Waals surface area (Å²) in [6.07, 6.45) is 46.5. The molecule has 5 aliphatic rings. The minimum absolute atomic E-state index is 0.816. The predicted octanol–water partition coefficient (Wildman–Crippen LogP) is 11.8. The average Bonchev–Trinajstić information content (AvgIpc) is 3.14. The number of nitrogens with one attached hydrogen (secondary N) is 2. The molecule has 2 nitrogen and oxygen atoms in total. The topological polar surface area (TPSA) is 24.1 Å². The zero-order valence-electron chi connectivity index (χ0n) is 29.0. The fourth-order valence-corrected chi connectivity index (χ4v) is 11.3. The van der Waals surface area contributed by atoms with E-state index in [0.717, 1.165) is 47.6 Å². The second kappa shape index (κ2) is 20.2. The second-order valence-corrected chi connectivity index (χ2v) is 16.6. The summed E-state index contributed by atoms with van der Waals surface area (Å²) >= 11 is 0. The van der Waals surface area contributed by atoms with Crippen LogP contribution in [0.3, 0.4) is 0 Å². The molecule has 2 N–H and O–H groups in total. The van der Waals surface area contributed by atoms with Crippen LogP contribution in [0, 0.1) is 35.5 Å². The van der Waals surface area contributed by atoms with Crippen molar-refractivity contribution >= 4 is 0 Å². The van der Waals surface area contributed by atoms with Crippen molar-refractivity contribution in [3.05, 3.63) is 0 Å². The van der Waals surface area contributed by atoms with Gasteiger partial charge in [-0.1, -0.05) is 148 Å². The molecule has 8 unspecified atom stereocenters. The summed E-state index contributed by atoms with van der Waals surface area (Å²) in [4.78, 5) is 0. The third-order valence-electron chi connectivity index (χ3n) is 13.7. The fraction of sp³-hybridized carbons (Fsp3) is 1.00. The minimum atomic E-state index is 0.816. The first kappa shape index (κ1) is 34.3. The third-order valence-corrected chi connectivity index (χ3v) is 13.7. The largest absolute Gasteiger partial charge is 0.313 e. The molecule has 0 aromatic heterocycles. The van der Waals surface area contributed by atoms with E-state index < -0.39 is 0 Å². The smallest absolute Gasteiger partial charge is 0.0126 e. The molecule has 2 heterocycles. The molecule has 0 spiro atoms. The lowest BCUT2D eigenvalue weighted by atomic mass is 9.69. The molecule has 0 bridgehead atoms. The number of hydrogen-bond donors (Lipinski definition) is 2. The molecule has 5 fully saturated rings. The van der Waals surface area contributed by atoms with Crippen LogP contribution in [-0.4, -0.2) is 25.2 Å². The van der Waals surface area contributed by atoms with Crippen LogP contribution in [0.4, 0.5) is 0 Å². The SMILES string of the molecule is C1CCCNC2C(CCC1)CCCCCCCC2C1CCCCC(C2CCCCCC3CCCCCCCNC32)CCC1. The first-order valence-electron chi connectivity index (χ1n) is 20.9. The highest BCUT2D eigenvalue weighted by molar-refractivity contribution is 4.92. The van der Waals surface area contributed by atoms with E-state index in [0.29, 0.717) is 0 Å². The first-order chi connectivity index (χ1) is 21.4. The highest BCUT2D eigenvalue weighted by Gasteiger charge is 2.37. The van der Waals surface area contributed by atoms with Gasteiger partial charge in [0.1, 0.15) is 0 Å². The zero-order valence-corrected chi connectivity index (χ0v) is 29.0. The van der Waals surface area contributed by atoms with Gasteiger partial charge in [-0.2, -0.15) is 0 Å². The van der Waals surface area contributed by atoms with Crippen molar-refractivity contribution in [2.75, 3.05) is 13.1 Å². The Morgan fingerprint density at radius 2 is 0.512 bits per heavy atom. The van der Waals surface area contributed by atoms with Gasteiger partial charge < -0.3 is 10.6 Å². The highest BCUT2D eigenvalue weighted by atomic mass is 14.9. The molecule has 2 saturated heterocycles. The van der Waals surface area contributed by atoms with Gasteiger partial charge in [-0.15, -0.1) is 0 Å². The van der Waals surface area contributed by atoms with E-state index >= 15 is 0 Å². The molecule has 3 aliphatic carbocycles. The van der Waals surface area contributed by atoms with Crippen LogP contribution in [0.25, 0.3) is 0 Å². The maximum Gasteiger partial charge on any atom is 0.0126 e. The van der Waals surface area contributed by atoms with Gasteiger partial charge in [0.15, 0.2) is 0 Å². The van der Waals surface area contributed by atoms with Crippen molar-refractivity contribution in [3.63, 3.8) is 0 Å². The van der Waals surface area contributed by atoms with E-state index in [1.54, 1.807) is 12.8 Å². The number of fused-ring (bicyclic) bond motifs is 2. The maximum absolute atomic E-state index is 4.32. The lowest BCUT2D eigenvalue weighted by Gasteiger charge is -2.42. The van der Waals surface area contributed by atoms with E-state index in [2.05, 4.69) is 10.6 Å². The van der Waals surface area contributed by atoms with Crippen molar-refractivity contribution in [3.8, 4) is 0 Å². The van der Waals surface area contributed by atoms with Crippen molar-refractivity contribution in [1.82, 2.24) is 10.6 Å². The van der Waals surface area contributed by atoms with E-state index in [1.165, 1.54) is 199 Å². The van der Waals surface area contributed by atoms with Crippen LogP contribution >= 0.6 is 0 Å². The standard InChI is InChI=1S/C41H76N2/c1-4-11-24-36-25-12-5-2-8-19-32-42-40(36)38(30-15-7-1)34-22-17-18-23-35(29-21-28-34)39-31-16-10-14-27-37-26-13-6-3-9-20-33-43-41(37)39/h34-43H,1-33H2. The minimum Gasteiger partial charge on any atom is -0.313 e. The Kier molecular flexibility index (Phi) is 16.1. The zero-order chi connectivity index (χ0) is 29.4. The Bertz CT molecular complexity index is 700. The Morgan fingerprint density at radius 1 is 0.233 bits per heavy atom. The van der Waals surface area contributed by atoms with Crippen molar-refractivity contribution in [2.45, 2.75) is 211 Å². The van der Waals surface area contributed by atoms with Crippen LogP contribution in [0.2, 0.25) is 0 Å². The van der Waals surface area contributed by atoms with E-state index in [1.807, 2.05) is 0 Å². The van der Waals surface area contributed by atoms with Crippen LogP contribution in [0.15, 0.2) is 0 Å². The molecule has 2 aliphatic heterocycles. The Balaban J connectivity index is 1.27. The maximum atomic E-state index is 4.32. The van der Waals surface area contributed by atoms with Gasteiger partial charge in [-0.3, -0.25) is 0 Å². The van der Waals surface area contributed by atoms with Gasteiger partial charge in [0.2, 0.25) is 0 Å². The van der Waals surface area contributed by atoms with Crippen molar-refractivity contribution < 1.29 is 0 Å². The van der Waals surface area contributed by atoms with Gasteiger partial charge in [-0.25, -0.2) is 0 Å². The Morgan fingerprint density at radius 3 is 0.953 bits per heavy atom. The monoisotopic (exact) mass is 597 g/mol. The van der Waals surface area contributed by atoms with Crippen LogP contribution < -0.4 is 10.6 Å². The summed E-state index contributed by atoms with van der Waals surface area (Å²) in [5.74, 6) is 5.79. The van der Waals surface area contributed by atoms with Crippen LogP contribution in [0.1, 0.15) is 199 Å². The molecule has 8 atom stereocenters. The summed E-state index contributed by atoms with van der Waals surface area (Å²) in [5, 5.41) is 8.61. The summed E-state index contributed by atoms with van der Waals surface area (Å²) < 4.78 is 0. The Labute approximate surface area is 269 Å². The molecular formula is C41H76N2. The first-order valence-corrected chi connectivity index (χ1v) is 20.9. The molecule has 250 valence electrons. The quantitative estimate of drug-likeness (QED) is 0.331. The van der Waals surface area contributed by atoms with E-state index in [-0.39, 0.29) is 0 Å². The Hall–Kier alpha value is -0.0800. The second-order valence-electron chi connectivity index (χ2n) is 16.6. The summed E-state index contributed by atoms with van der Waals surface area (Å²) in [6.45, 7) is 2.59. The summed E-state index contributed by atoms with van der Waals surface area (Å²) in [7, 11) is 0. The molecule has 5 rings (SSSR count). The van der Waals surface area contributed by atoms with E-state index in [4.69, 9.17) is 0 Å². The van der Waals surface area contributed by atoms with Crippen LogP contribution in [0.5, 0.6) is 0 Å². The lowest BCUT2D eigenvalue weighted by molar-refractivity contribution is 0.126. The predicted molar refractivity (Wildman–Crippen MR) is 188 cm³/mol. The lowest BCUT2D eigenvalue weighted by Crippen LogP contribution is -2.46. The average molecular weight is 597 g/mol. The molecular weight excluding hydrogens is 520 g/mol. The number of hydrogen-bond acceptors (Lipinski definition) is 2. The normalized spacial score (nSPS) is 39.6. The van der Waals surface area contributed by atoms with E-state index in [9.17, 15) is 0 Å². The van der Waals surface area contributed by atoms with Crippen molar-refractivity contribution in [1.29, 1.82) is 0 Å². The van der Waals surface area contributed by atoms with Gasteiger partial charge in [0, 0.05) is 12.1 Å². The van der Waals surface area contributed by atoms with Gasteiger partial charge in [-0.05, 0) is 100.0 Å². The fourth-order valence-electron chi connectivity index (χ4n) is 11.3. The summed E-state index contributed by atoms with van der Waals surface area (Å²) in [5.41, 5.74) is 0. The molecule has 43 heavy (non-hydrogen) atoms. The third kappa shape index (κ3) is 11.3. The number of rotatable bonds is 2. The molecule has 3 saturated carbocycles.